The smallest absolute Gasteiger partial charge is 0.285 e. The number of nitrogens with one attached hydrogen (secondary N) is 2. The van der Waals surface area contributed by atoms with Gasteiger partial charge in [-0.3, -0.25) is 4.79 Å². The predicted molar refractivity (Wildman–Crippen MR) is 113 cm³/mol. The molecule has 1 aliphatic heterocycles. The van der Waals surface area contributed by atoms with Gasteiger partial charge in [0.05, 0.1) is 0 Å². The molecule has 1 amide bonds. The van der Waals surface area contributed by atoms with Crippen molar-refractivity contribution < 1.29 is 13.2 Å². The van der Waals surface area contributed by atoms with Crippen LogP contribution in [0.15, 0.2) is 82.1 Å². The monoisotopic (exact) mass is 425 g/mol. The van der Waals surface area contributed by atoms with Crippen LogP contribution < -0.4 is 10.6 Å². The van der Waals surface area contributed by atoms with Crippen LogP contribution in [-0.2, 0) is 16.6 Å². The van der Waals surface area contributed by atoms with Crippen molar-refractivity contribution >= 4 is 39.1 Å². The van der Waals surface area contributed by atoms with E-state index in [2.05, 4.69) is 15.0 Å². The number of anilines is 1. The summed E-state index contributed by atoms with van der Waals surface area (Å²) in [5, 5.41) is 6.43. The number of amides is 1. The highest BCUT2D eigenvalue weighted by Gasteiger charge is 2.28. The lowest BCUT2D eigenvalue weighted by molar-refractivity contribution is 0.0951. The largest absolute Gasteiger partial charge is 0.348 e. The zero-order valence-electron chi connectivity index (χ0n) is 15.1. The van der Waals surface area contributed by atoms with Crippen molar-refractivity contribution in [1.82, 2.24) is 5.32 Å². The number of sulfonamides is 1. The van der Waals surface area contributed by atoms with E-state index in [1.807, 2.05) is 18.2 Å². The van der Waals surface area contributed by atoms with Gasteiger partial charge >= 0.3 is 0 Å². The van der Waals surface area contributed by atoms with E-state index in [9.17, 15) is 13.2 Å². The number of halogens is 1. The second-order valence-electron chi connectivity index (χ2n) is 6.39. The average Bonchev–Trinajstić information content (AvgIpc) is 2.98. The topological polar surface area (TPSA) is 87.6 Å². The molecule has 146 valence electrons. The Kier molecular flexibility index (Phi) is 5.08. The fourth-order valence-corrected chi connectivity index (χ4v) is 4.34. The van der Waals surface area contributed by atoms with Crippen molar-refractivity contribution in [3.05, 3.63) is 94.5 Å². The van der Waals surface area contributed by atoms with Crippen molar-refractivity contribution in [2.24, 2.45) is 4.40 Å². The van der Waals surface area contributed by atoms with Gasteiger partial charge in [-0.25, -0.2) is 0 Å². The fourth-order valence-electron chi connectivity index (χ4n) is 2.96. The van der Waals surface area contributed by atoms with E-state index in [1.165, 1.54) is 6.07 Å². The minimum absolute atomic E-state index is 0.179. The Morgan fingerprint density at radius 3 is 2.38 bits per heavy atom. The first kappa shape index (κ1) is 19.2. The summed E-state index contributed by atoms with van der Waals surface area (Å²) in [7, 11) is -3.68. The highest BCUT2D eigenvalue weighted by Crippen LogP contribution is 2.26. The predicted octanol–water partition coefficient (Wildman–Crippen LogP) is 3.83. The molecule has 0 radical (unpaired) electrons. The molecular formula is C21H16ClN3O3S. The highest BCUT2D eigenvalue weighted by atomic mass is 35.5. The standard InChI is InChI=1S/C21H16ClN3O3S/c22-18-7-3-1-5-15(18)13-23-21(26)14-9-11-16(12-10-14)24-20-17-6-2-4-8-19(17)29(27,28)25-20/h1-12H,13H2,(H,23,26)(H,24,25). The average molecular weight is 426 g/mol. The van der Waals surface area contributed by atoms with Crippen LogP contribution in [0.25, 0.3) is 0 Å². The molecule has 1 heterocycles. The first-order chi connectivity index (χ1) is 13.9. The first-order valence-electron chi connectivity index (χ1n) is 8.77. The third-order valence-electron chi connectivity index (χ3n) is 4.44. The molecule has 0 spiro atoms. The van der Waals surface area contributed by atoms with Gasteiger partial charge in [0.25, 0.3) is 15.9 Å². The summed E-state index contributed by atoms with van der Waals surface area (Å²) in [6.07, 6.45) is 0. The van der Waals surface area contributed by atoms with Gasteiger partial charge in [-0.1, -0.05) is 41.9 Å². The van der Waals surface area contributed by atoms with Crippen LogP contribution in [0.1, 0.15) is 21.5 Å². The van der Waals surface area contributed by atoms with Crippen LogP contribution in [0.4, 0.5) is 5.69 Å². The Morgan fingerprint density at radius 1 is 0.931 bits per heavy atom. The lowest BCUT2D eigenvalue weighted by Crippen LogP contribution is -2.23. The highest BCUT2D eigenvalue weighted by molar-refractivity contribution is 7.90. The Morgan fingerprint density at radius 2 is 1.62 bits per heavy atom. The zero-order chi connectivity index (χ0) is 20.4. The van der Waals surface area contributed by atoms with Gasteiger partial charge in [0.2, 0.25) is 0 Å². The summed E-state index contributed by atoms with van der Waals surface area (Å²) < 4.78 is 28.0. The van der Waals surface area contributed by atoms with Gasteiger partial charge in [-0.05, 0) is 48.0 Å². The maximum Gasteiger partial charge on any atom is 0.285 e. The number of carbonyl (C=O) groups excluding carboxylic acids is 1. The molecule has 4 rings (SSSR count). The Labute approximate surface area is 173 Å². The molecule has 2 N–H and O–H groups in total. The molecule has 0 atom stereocenters. The number of benzene rings is 3. The molecule has 0 saturated carbocycles. The summed E-state index contributed by atoms with van der Waals surface area (Å²) in [5.41, 5.74) is 2.45. The molecular weight excluding hydrogens is 410 g/mol. The molecule has 0 saturated heterocycles. The van der Waals surface area contributed by atoms with Crippen molar-refractivity contribution in [1.29, 1.82) is 0 Å². The maximum atomic E-state index is 12.4. The third kappa shape index (κ3) is 4.01. The number of hydrogen-bond donors (Lipinski definition) is 2. The molecule has 0 unspecified atom stereocenters. The van der Waals surface area contributed by atoms with Crippen LogP contribution in [0.2, 0.25) is 5.02 Å². The number of fused-ring (bicyclic) bond motifs is 1. The summed E-state index contributed by atoms with van der Waals surface area (Å²) in [6, 6.07) is 20.6. The SMILES string of the molecule is O=C(NCc1ccccc1Cl)c1ccc(NC2=NS(=O)(=O)c3ccccc32)cc1. The summed E-state index contributed by atoms with van der Waals surface area (Å²) in [6.45, 7) is 0.323. The number of carbonyl (C=O) groups is 1. The van der Waals surface area contributed by atoms with Crippen molar-refractivity contribution in [3.63, 3.8) is 0 Å². The van der Waals surface area contributed by atoms with E-state index in [0.717, 1.165) is 5.56 Å². The zero-order valence-corrected chi connectivity index (χ0v) is 16.7. The lowest BCUT2D eigenvalue weighted by atomic mass is 10.1. The molecule has 0 aromatic heterocycles. The van der Waals surface area contributed by atoms with E-state index in [1.54, 1.807) is 48.5 Å². The molecule has 8 heteroatoms. The Bertz CT molecular complexity index is 1220. The van der Waals surface area contributed by atoms with E-state index in [-0.39, 0.29) is 16.6 Å². The second kappa shape index (κ2) is 7.69. The van der Waals surface area contributed by atoms with Gasteiger partial charge in [0.15, 0.2) is 5.84 Å². The van der Waals surface area contributed by atoms with Crippen LogP contribution in [0, 0.1) is 0 Å². The Hall–Kier alpha value is -3.16. The molecule has 3 aromatic carbocycles. The van der Waals surface area contributed by atoms with Gasteiger partial charge in [0.1, 0.15) is 4.90 Å². The lowest BCUT2D eigenvalue weighted by Gasteiger charge is -2.09. The minimum atomic E-state index is -3.68. The van der Waals surface area contributed by atoms with Gasteiger partial charge in [0, 0.05) is 28.4 Å². The van der Waals surface area contributed by atoms with Crippen LogP contribution in [0.5, 0.6) is 0 Å². The van der Waals surface area contributed by atoms with E-state index in [0.29, 0.717) is 28.4 Å². The third-order valence-corrected chi connectivity index (χ3v) is 6.14. The summed E-state index contributed by atoms with van der Waals surface area (Å²) >= 11 is 6.10. The number of rotatable bonds is 4. The summed E-state index contributed by atoms with van der Waals surface area (Å²) in [5.74, 6) is 0.0270. The van der Waals surface area contributed by atoms with E-state index >= 15 is 0 Å². The molecule has 6 nitrogen and oxygen atoms in total. The fraction of sp³-hybridized carbons (Fsp3) is 0.0476. The number of hydrogen-bond acceptors (Lipinski definition) is 4. The number of amidine groups is 1. The summed E-state index contributed by atoms with van der Waals surface area (Å²) in [4.78, 5) is 12.5. The van der Waals surface area contributed by atoms with Crippen LogP contribution >= 0.6 is 11.6 Å². The molecule has 0 aliphatic carbocycles. The van der Waals surface area contributed by atoms with Crippen molar-refractivity contribution in [2.45, 2.75) is 11.4 Å². The van der Waals surface area contributed by atoms with Crippen molar-refractivity contribution in [2.75, 3.05) is 5.32 Å². The quantitative estimate of drug-likeness (QED) is 0.665. The van der Waals surface area contributed by atoms with Gasteiger partial charge in [-0.2, -0.15) is 8.42 Å². The van der Waals surface area contributed by atoms with Crippen LogP contribution in [0.3, 0.4) is 0 Å². The van der Waals surface area contributed by atoms with E-state index in [4.69, 9.17) is 11.6 Å². The second-order valence-corrected chi connectivity index (χ2v) is 8.37. The van der Waals surface area contributed by atoms with Crippen LogP contribution in [-0.4, -0.2) is 20.2 Å². The maximum absolute atomic E-state index is 12.4. The molecule has 1 aliphatic rings. The molecule has 3 aromatic rings. The Balaban J connectivity index is 1.45. The van der Waals surface area contributed by atoms with Gasteiger partial charge < -0.3 is 10.6 Å². The minimum Gasteiger partial charge on any atom is -0.348 e. The normalized spacial score (nSPS) is 14.0. The van der Waals surface area contributed by atoms with Gasteiger partial charge in [-0.15, -0.1) is 4.40 Å². The number of nitrogens with zero attached hydrogens (tertiary/aromatic N) is 1. The molecule has 0 bridgehead atoms. The molecule has 29 heavy (non-hydrogen) atoms. The van der Waals surface area contributed by atoms with E-state index < -0.39 is 10.0 Å². The molecule has 0 fully saturated rings. The first-order valence-corrected chi connectivity index (χ1v) is 10.6. The van der Waals surface area contributed by atoms with Crippen molar-refractivity contribution in [3.8, 4) is 0 Å².